The van der Waals surface area contributed by atoms with Crippen LogP contribution in [0.5, 0.6) is 0 Å². The molecule has 0 saturated carbocycles. The number of rotatable bonds is 5. The lowest BCUT2D eigenvalue weighted by molar-refractivity contribution is -0.170. The zero-order chi connectivity index (χ0) is 12.2. The van der Waals surface area contributed by atoms with Crippen molar-refractivity contribution in [1.29, 1.82) is 0 Å². The normalized spacial score (nSPS) is 14.5. The third-order valence-electron chi connectivity index (χ3n) is 1.89. The maximum absolute atomic E-state index is 12.5. The highest BCUT2D eigenvalue weighted by Gasteiger charge is 2.49. The monoisotopic (exact) mass is 231 g/mol. The minimum absolute atomic E-state index is 0.326. The standard InChI is InChI=1S/C8H13F4NO2/c1-4(2)5(3-14)13-7(15)8(11,12)6(9)10/h4-6,14H,3H2,1-2H3,(H,13,15). The quantitative estimate of drug-likeness (QED) is 0.694. The van der Waals surface area contributed by atoms with Crippen molar-refractivity contribution >= 4 is 5.91 Å². The highest BCUT2D eigenvalue weighted by atomic mass is 19.3. The summed E-state index contributed by atoms with van der Waals surface area (Å²) in [5.74, 6) is -7.11. The van der Waals surface area contributed by atoms with Crippen molar-refractivity contribution in [3.63, 3.8) is 0 Å². The molecule has 1 atom stereocenters. The van der Waals surface area contributed by atoms with Gasteiger partial charge in [0.1, 0.15) is 0 Å². The van der Waals surface area contributed by atoms with Gasteiger partial charge in [0.2, 0.25) is 0 Å². The molecule has 0 aliphatic heterocycles. The molecule has 0 bridgehead atoms. The van der Waals surface area contributed by atoms with Crippen LogP contribution < -0.4 is 5.32 Å². The van der Waals surface area contributed by atoms with Crippen LogP contribution in [0.2, 0.25) is 0 Å². The fourth-order valence-corrected chi connectivity index (χ4v) is 0.787. The summed E-state index contributed by atoms with van der Waals surface area (Å²) < 4.78 is 48.4. The Bertz CT molecular complexity index is 221. The molecule has 0 aromatic carbocycles. The van der Waals surface area contributed by atoms with E-state index < -0.39 is 30.9 Å². The number of amides is 1. The molecule has 0 aliphatic rings. The lowest BCUT2D eigenvalue weighted by Gasteiger charge is -2.23. The summed E-state index contributed by atoms with van der Waals surface area (Å²) in [6, 6.07) is -0.956. The molecule has 0 fully saturated rings. The van der Waals surface area contributed by atoms with Crippen molar-refractivity contribution in [2.24, 2.45) is 5.92 Å². The van der Waals surface area contributed by atoms with Crippen LogP contribution in [0.1, 0.15) is 13.8 Å². The second-order valence-electron chi connectivity index (χ2n) is 3.43. The van der Waals surface area contributed by atoms with Crippen LogP contribution in [0.25, 0.3) is 0 Å². The van der Waals surface area contributed by atoms with E-state index in [1.165, 1.54) is 0 Å². The molecule has 0 spiro atoms. The number of hydrogen-bond acceptors (Lipinski definition) is 2. The molecule has 90 valence electrons. The molecular weight excluding hydrogens is 218 g/mol. The molecule has 1 unspecified atom stereocenters. The third-order valence-corrected chi connectivity index (χ3v) is 1.89. The molecule has 0 aromatic rings. The third kappa shape index (κ3) is 3.65. The summed E-state index contributed by atoms with van der Waals surface area (Å²) in [4.78, 5) is 10.7. The van der Waals surface area contributed by atoms with Gasteiger partial charge in [-0.15, -0.1) is 0 Å². The molecule has 2 N–H and O–H groups in total. The summed E-state index contributed by atoms with van der Waals surface area (Å²) >= 11 is 0. The molecule has 7 heteroatoms. The number of alkyl halides is 4. The Labute approximate surface area is 84.5 Å². The van der Waals surface area contributed by atoms with Crippen LogP contribution in [-0.4, -0.2) is 36.0 Å². The molecule has 0 saturated heterocycles. The largest absolute Gasteiger partial charge is 0.394 e. The van der Waals surface area contributed by atoms with Gasteiger partial charge in [-0.3, -0.25) is 4.79 Å². The Hall–Kier alpha value is -0.850. The van der Waals surface area contributed by atoms with E-state index in [0.717, 1.165) is 0 Å². The van der Waals surface area contributed by atoms with E-state index in [4.69, 9.17) is 5.11 Å². The SMILES string of the molecule is CC(C)C(CO)NC(=O)C(F)(F)C(F)F. The van der Waals surface area contributed by atoms with Gasteiger partial charge in [0, 0.05) is 0 Å². The zero-order valence-electron chi connectivity index (χ0n) is 8.31. The number of aliphatic hydroxyl groups is 1. The van der Waals surface area contributed by atoms with Crippen molar-refractivity contribution in [3.8, 4) is 0 Å². The number of halogens is 4. The first-order valence-electron chi connectivity index (χ1n) is 4.31. The van der Waals surface area contributed by atoms with Gasteiger partial charge in [-0.05, 0) is 5.92 Å². The van der Waals surface area contributed by atoms with Crippen LogP contribution in [0.3, 0.4) is 0 Å². The van der Waals surface area contributed by atoms with E-state index in [1.807, 2.05) is 0 Å². The number of carbonyl (C=O) groups excluding carboxylic acids is 1. The molecule has 0 aliphatic carbocycles. The van der Waals surface area contributed by atoms with Gasteiger partial charge in [0.15, 0.2) is 0 Å². The van der Waals surface area contributed by atoms with Crippen LogP contribution in [0.15, 0.2) is 0 Å². The van der Waals surface area contributed by atoms with Gasteiger partial charge >= 0.3 is 12.3 Å². The molecule has 0 aromatic heterocycles. The average Bonchev–Trinajstić information content (AvgIpc) is 2.12. The Balaban J connectivity index is 4.47. The van der Waals surface area contributed by atoms with Crippen molar-refractivity contribution in [1.82, 2.24) is 5.32 Å². The summed E-state index contributed by atoms with van der Waals surface area (Å²) in [6.07, 6.45) is -4.05. The maximum atomic E-state index is 12.5. The van der Waals surface area contributed by atoms with E-state index in [1.54, 1.807) is 19.2 Å². The summed E-state index contributed by atoms with van der Waals surface area (Å²) in [7, 11) is 0. The summed E-state index contributed by atoms with van der Waals surface area (Å²) in [5, 5.41) is 10.4. The smallest absolute Gasteiger partial charge is 0.383 e. The summed E-state index contributed by atoms with van der Waals surface area (Å²) in [5.41, 5.74) is 0. The zero-order valence-corrected chi connectivity index (χ0v) is 8.31. The van der Waals surface area contributed by atoms with Crippen molar-refractivity contribution < 1.29 is 27.5 Å². The van der Waals surface area contributed by atoms with E-state index >= 15 is 0 Å². The van der Waals surface area contributed by atoms with Crippen molar-refractivity contribution in [2.45, 2.75) is 32.2 Å². The molecule has 0 radical (unpaired) electrons. The number of carbonyl (C=O) groups is 1. The number of hydrogen-bond donors (Lipinski definition) is 2. The molecule has 0 heterocycles. The lowest BCUT2D eigenvalue weighted by Crippen LogP contribution is -2.51. The van der Waals surface area contributed by atoms with Gasteiger partial charge < -0.3 is 10.4 Å². The highest BCUT2D eigenvalue weighted by molar-refractivity contribution is 5.84. The molecular formula is C8H13F4NO2. The molecule has 0 rings (SSSR count). The Morgan fingerprint density at radius 3 is 2.13 bits per heavy atom. The molecule has 1 amide bonds. The maximum Gasteiger partial charge on any atom is 0.383 e. The Morgan fingerprint density at radius 2 is 1.87 bits per heavy atom. The molecule has 15 heavy (non-hydrogen) atoms. The highest BCUT2D eigenvalue weighted by Crippen LogP contribution is 2.23. The van der Waals surface area contributed by atoms with Crippen LogP contribution in [0.4, 0.5) is 17.6 Å². The fourth-order valence-electron chi connectivity index (χ4n) is 0.787. The summed E-state index contributed by atoms with van der Waals surface area (Å²) in [6.45, 7) is 2.53. The first-order valence-corrected chi connectivity index (χ1v) is 4.31. The van der Waals surface area contributed by atoms with Gasteiger partial charge in [-0.2, -0.15) is 8.78 Å². The van der Waals surface area contributed by atoms with E-state index in [-0.39, 0.29) is 5.92 Å². The van der Waals surface area contributed by atoms with Crippen LogP contribution >= 0.6 is 0 Å². The lowest BCUT2D eigenvalue weighted by atomic mass is 10.1. The first-order chi connectivity index (χ1) is 6.73. The minimum Gasteiger partial charge on any atom is -0.394 e. The van der Waals surface area contributed by atoms with Crippen molar-refractivity contribution in [3.05, 3.63) is 0 Å². The van der Waals surface area contributed by atoms with Crippen LogP contribution in [0, 0.1) is 5.92 Å². The molecule has 3 nitrogen and oxygen atoms in total. The fraction of sp³-hybridized carbons (Fsp3) is 0.875. The van der Waals surface area contributed by atoms with Gasteiger partial charge in [-0.1, -0.05) is 13.8 Å². The number of aliphatic hydroxyl groups excluding tert-OH is 1. The minimum atomic E-state index is -4.72. The van der Waals surface area contributed by atoms with Gasteiger partial charge in [0.05, 0.1) is 12.6 Å². The topological polar surface area (TPSA) is 49.3 Å². The van der Waals surface area contributed by atoms with Gasteiger partial charge in [0.25, 0.3) is 5.91 Å². The first kappa shape index (κ1) is 14.2. The van der Waals surface area contributed by atoms with E-state index in [2.05, 4.69) is 0 Å². The van der Waals surface area contributed by atoms with Gasteiger partial charge in [-0.25, -0.2) is 8.78 Å². The Morgan fingerprint density at radius 1 is 1.40 bits per heavy atom. The average molecular weight is 231 g/mol. The number of nitrogens with one attached hydrogen (secondary N) is 1. The van der Waals surface area contributed by atoms with E-state index in [0.29, 0.717) is 0 Å². The van der Waals surface area contributed by atoms with Crippen LogP contribution in [-0.2, 0) is 4.79 Å². The van der Waals surface area contributed by atoms with Crippen molar-refractivity contribution in [2.75, 3.05) is 6.61 Å². The second kappa shape index (κ2) is 5.29. The predicted octanol–water partition coefficient (Wildman–Crippen LogP) is 1.02. The predicted molar refractivity (Wildman–Crippen MR) is 44.8 cm³/mol. The second-order valence-corrected chi connectivity index (χ2v) is 3.43. The Kier molecular flexibility index (Phi) is 4.99. The van der Waals surface area contributed by atoms with E-state index in [9.17, 15) is 22.4 Å².